The van der Waals surface area contributed by atoms with Gasteiger partial charge in [0.25, 0.3) is 0 Å². The van der Waals surface area contributed by atoms with Crippen molar-refractivity contribution in [1.82, 2.24) is 0 Å². The van der Waals surface area contributed by atoms with Gasteiger partial charge in [0, 0.05) is 6.92 Å². The van der Waals surface area contributed by atoms with Crippen LogP contribution in [0.1, 0.15) is 6.92 Å². The summed E-state index contributed by atoms with van der Waals surface area (Å²) in [6.45, 7) is 1.29. The Kier molecular flexibility index (Phi) is 17.2. The second kappa shape index (κ2) is 10.6. The second-order valence-electron chi connectivity index (χ2n) is 0.571. The van der Waals surface area contributed by atoms with E-state index in [4.69, 9.17) is 9.69 Å². The van der Waals surface area contributed by atoms with E-state index in [0.29, 0.717) is 0 Å². The summed E-state index contributed by atoms with van der Waals surface area (Å²) in [5, 5.41) is -0.361. The molecule has 0 rings (SSSR count). The zero-order valence-electron chi connectivity index (χ0n) is 3.75. The van der Waals surface area contributed by atoms with Gasteiger partial charge < -0.3 is 0 Å². The average molecular weight is 306 g/mol. The van der Waals surface area contributed by atoms with E-state index in [-0.39, 0.29) is 5.24 Å². The van der Waals surface area contributed by atoms with Gasteiger partial charge in [-0.3, -0.25) is 4.79 Å². The summed E-state index contributed by atoms with van der Waals surface area (Å²) in [6, 6.07) is 0. The molecule has 40 valence electrons. The molecule has 0 aliphatic carbocycles. The maximum absolute atomic E-state index is 9.21. The molecule has 0 N–H and O–H groups in total. The molecule has 0 aromatic carbocycles. The van der Waals surface area contributed by atoms with E-state index >= 15 is 0 Å². The van der Waals surface area contributed by atoms with Crippen LogP contribution < -0.4 is 0 Å². The predicted octanol–water partition coefficient (Wildman–Crippen LogP) is 2.34. The Morgan fingerprint density at radius 1 is 1.86 bits per heavy atom. The Balaban J connectivity index is 0. The predicted molar refractivity (Wildman–Crippen MR) is 36.4 cm³/mol. The summed E-state index contributed by atoms with van der Waals surface area (Å²) in [5.74, 6) is 0. The molecule has 0 atom stereocenters. The first-order valence-corrected chi connectivity index (χ1v) is 14.8. The van der Waals surface area contributed by atoms with Crippen LogP contribution in [0.4, 0.5) is 0 Å². The van der Waals surface area contributed by atoms with Crippen molar-refractivity contribution < 1.29 is 17.4 Å². The minimum absolute atomic E-state index is 0.361. The van der Waals surface area contributed by atoms with Crippen LogP contribution in [0.15, 0.2) is 0 Å². The van der Waals surface area contributed by atoms with E-state index in [1.165, 1.54) is 6.92 Å². The van der Waals surface area contributed by atoms with Crippen LogP contribution in [0.25, 0.3) is 0 Å². The molecule has 0 aliphatic heterocycles. The standard InChI is InChI=1S/C2H3ClO.ClH.HI.Zn/c1-2(3)4;;;/h1H3;2*1H;/q;;;+2/p-2. The molecule has 0 spiro atoms. The van der Waals surface area contributed by atoms with Crippen molar-refractivity contribution in [2.75, 3.05) is 0 Å². The molecule has 0 aliphatic rings. The van der Waals surface area contributed by atoms with Gasteiger partial charge in [0.1, 0.15) is 0 Å². The van der Waals surface area contributed by atoms with Crippen LogP contribution in [-0.2, 0) is 17.4 Å². The number of carbonyl (C=O) groups excluding carboxylic acids is 1. The first-order chi connectivity index (χ1) is 3.15. The van der Waals surface area contributed by atoms with Gasteiger partial charge >= 0.3 is 42.1 Å². The molecule has 0 saturated heterocycles. The van der Waals surface area contributed by atoms with E-state index in [9.17, 15) is 4.79 Å². The van der Waals surface area contributed by atoms with Crippen molar-refractivity contribution in [2.45, 2.75) is 6.92 Å². The Bertz CT molecular complexity index is 47.0. The summed E-state index contributed by atoms with van der Waals surface area (Å²) < 4.78 is 0. The van der Waals surface area contributed by atoms with Gasteiger partial charge in [-0.05, 0) is 11.6 Å². The maximum atomic E-state index is 9.21. The summed E-state index contributed by atoms with van der Waals surface area (Å²) in [4.78, 5) is 9.21. The molecule has 0 unspecified atom stereocenters. The first kappa shape index (κ1) is 11.4. The topological polar surface area (TPSA) is 17.1 Å². The molecule has 1 nitrogen and oxygen atoms in total. The molecule has 0 aromatic rings. The van der Waals surface area contributed by atoms with Crippen LogP contribution in [0.2, 0.25) is 0 Å². The molecule has 0 bridgehead atoms. The third kappa shape index (κ3) is 92.9. The van der Waals surface area contributed by atoms with Crippen LogP contribution in [0.3, 0.4) is 0 Å². The summed E-state index contributed by atoms with van der Waals surface area (Å²) in [7, 11) is 5.17. The second-order valence-corrected chi connectivity index (χ2v) is 11.6. The minimum atomic E-state index is -0.433. The van der Waals surface area contributed by atoms with Crippen molar-refractivity contribution in [3.8, 4) is 0 Å². The van der Waals surface area contributed by atoms with Crippen LogP contribution in [0, 0.1) is 0 Å². The molecule has 0 heterocycles. The van der Waals surface area contributed by atoms with Crippen LogP contribution >= 0.6 is 41.0 Å². The molecule has 0 aromatic heterocycles. The first-order valence-electron chi connectivity index (χ1n) is 1.43. The zero-order valence-corrected chi connectivity index (χ0v) is 10.4. The van der Waals surface area contributed by atoms with Crippen molar-refractivity contribution in [1.29, 1.82) is 0 Å². The SMILES string of the molecule is CC(=O)Cl.[Cl][Zn][I]. The molecule has 7 heavy (non-hydrogen) atoms. The van der Waals surface area contributed by atoms with Gasteiger partial charge in [-0.25, -0.2) is 0 Å². The molecule has 0 amide bonds. The van der Waals surface area contributed by atoms with Crippen molar-refractivity contribution >= 4 is 46.3 Å². The van der Waals surface area contributed by atoms with E-state index in [2.05, 4.69) is 31.4 Å². The molecular weight excluding hydrogens is 303 g/mol. The van der Waals surface area contributed by atoms with Gasteiger partial charge in [0.15, 0.2) is 0 Å². The molecule has 0 saturated carbocycles. The van der Waals surface area contributed by atoms with E-state index in [1.807, 2.05) is 0 Å². The van der Waals surface area contributed by atoms with Crippen LogP contribution in [0.5, 0.6) is 0 Å². The average Bonchev–Trinajstić information content (AvgIpc) is 1.33. The van der Waals surface area contributed by atoms with Gasteiger partial charge in [0.05, 0.1) is 0 Å². The number of halogens is 3. The number of carbonyl (C=O) groups is 1. The molecule has 5 heteroatoms. The third-order valence-corrected chi connectivity index (χ3v) is 0. The van der Waals surface area contributed by atoms with E-state index in [0.717, 1.165) is 0 Å². The number of hydrogen-bond acceptors (Lipinski definition) is 1. The molecule has 0 radical (unpaired) electrons. The Morgan fingerprint density at radius 3 is 1.86 bits per heavy atom. The zero-order chi connectivity index (χ0) is 6.28. The van der Waals surface area contributed by atoms with Crippen LogP contribution in [-0.4, -0.2) is 5.24 Å². The summed E-state index contributed by atoms with van der Waals surface area (Å²) in [6.07, 6.45) is 0. The van der Waals surface area contributed by atoms with Gasteiger partial charge in [-0.15, -0.1) is 0 Å². The third-order valence-electron chi connectivity index (χ3n) is 0. The van der Waals surface area contributed by atoms with E-state index in [1.54, 1.807) is 0 Å². The summed E-state index contributed by atoms with van der Waals surface area (Å²) >= 11 is 6.44. The molecular formula is C2H3Cl2IOZn. The Hall–Kier alpha value is 1.60. The van der Waals surface area contributed by atoms with Crippen molar-refractivity contribution in [3.63, 3.8) is 0 Å². The molecule has 0 fully saturated rings. The monoisotopic (exact) mass is 304 g/mol. The number of hydrogen-bond donors (Lipinski definition) is 0. The van der Waals surface area contributed by atoms with Gasteiger partial charge in [0.2, 0.25) is 5.24 Å². The Labute approximate surface area is 70.0 Å². The van der Waals surface area contributed by atoms with Gasteiger partial charge in [-0.2, -0.15) is 0 Å². The fraction of sp³-hybridized carbons (Fsp3) is 0.500. The fourth-order valence-corrected chi connectivity index (χ4v) is 0. The normalized spacial score (nSPS) is 5.14. The Morgan fingerprint density at radius 2 is 1.86 bits per heavy atom. The number of rotatable bonds is 0. The van der Waals surface area contributed by atoms with E-state index < -0.39 is 12.6 Å². The van der Waals surface area contributed by atoms with Gasteiger partial charge in [-0.1, -0.05) is 0 Å². The quantitative estimate of drug-likeness (QED) is 0.381. The summed E-state index contributed by atoms with van der Waals surface area (Å²) in [5.41, 5.74) is 0. The fourth-order valence-electron chi connectivity index (χ4n) is 0. The van der Waals surface area contributed by atoms with Crippen molar-refractivity contribution in [3.05, 3.63) is 0 Å². The van der Waals surface area contributed by atoms with Crippen molar-refractivity contribution in [2.24, 2.45) is 0 Å².